The fourth-order valence-electron chi connectivity index (χ4n) is 1.98. The Morgan fingerprint density at radius 2 is 2.24 bits per heavy atom. The number of amides is 1. The quantitative estimate of drug-likeness (QED) is 0.921. The first-order valence-electron chi connectivity index (χ1n) is 6.62. The maximum Gasteiger partial charge on any atom is 0.230 e. The number of benzene rings is 1. The highest BCUT2D eigenvalue weighted by Crippen LogP contribution is 2.23. The molecule has 0 aliphatic heterocycles. The lowest BCUT2D eigenvalue weighted by Crippen LogP contribution is -2.14. The number of anilines is 1. The minimum absolute atomic E-state index is 0.0982. The van der Waals surface area contributed by atoms with Gasteiger partial charge in [0, 0.05) is 4.88 Å². The molecule has 0 aliphatic rings. The van der Waals surface area contributed by atoms with E-state index in [2.05, 4.69) is 10.3 Å². The van der Waals surface area contributed by atoms with Crippen LogP contribution in [-0.2, 0) is 17.6 Å². The summed E-state index contributed by atoms with van der Waals surface area (Å²) in [6.45, 7) is 4.00. The summed E-state index contributed by atoms with van der Waals surface area (Å²) in [6.07, 6.45) is 0.933. The van der Waals surface area contributed by atoms with Crippen LogP contribution in [0.5, 0.6) is 5.75 Å². The van der Waals surface area contributed by atoms with Crippen molar-refractivity contribution in [3.8, 4) is 5.75 Å². The molecule has 0 saturated heterocycles. The summed E-state index contributed by atoms with van der Waals surface area (Å²) >= 11 is 1.45. The minimum atomic E-state index is -0.471. The number of halogens is 1. The molecular formula is C15H17FN2O2S. The van der Waals surface area contributed by atoms with E-state index in [1.165, 1.54) is 30.6 Å². The molecule has 2 rings (SSSR count). The number of aromatic nitrogens is 1. The second kappa shape index (κ2) is 6.67. The summed E-state index contributed by atoms with van der Waals surface area (Å²) in [6, 6.07) is 4.50. The Bertz CT molecular complexity index is 655. The van der Waals surface area contributed by atoms with E-state index >= 15 is 0 Å². The maximum absolute atomic E-state index is 13.6. The lowest BCUT2D eigenvalue weighted by Gasteiger charge is -2.05. The van der Waals surface area contributed by atoms with Gasteiger partial charge < -0.3 is 10.1 Å². The third-order valence-electron chi connectivity index (χ3n) is 3.05. The van der Waals surface area contributed by atoms with Gasteiger partial charge in [0.05, 0.1) is 19.2 Å². The number of carbonyl (C=O) groups excluding carboxylic acids is 1. The van der Waals surface area contributed by atoms with Crippen LogP contribution in [0.25, 0.3) is 0 Å². The number of nitrogens with zero attached hydrogens (tertiary/aromatic N) is 1. The summed E-state index contributed by atoms with van der Waals surface area (Å²) in [7, 11) is 1.40. The Morgan fingerprint density at radius 1 is 1.48 bits per heavy atom. The van der Waals surface area contributed by atoms with E-state index in [4.69, 9.17) is 4.74 Å². The molecule has 1 N–H and O–H groups in total. The third kappa shape index (κ3) is 3.78. The Balaban J connectivity index is 2.02. The van der Waals surface area contributed by atoms with Crippen LogP contribution < -0.4 is 10.1 Å². The van der Waals surface area contributed by atoms with Crippen LogP contribution in [0, 0.1) is 12.7 Å². The van der Waals surface area contributed by atoms with Crippen molar-refractivity contribution >= 4 is 22.4 Å². The van der Waals surface area contributed by atoms with E-state index in [0.29, 0.717) is 10.7 Å². The molecule has 0 radical (unpaired) electrons. The molecule has 21 heavy (non-hydrogen) atoms. The van der Waals surface area contributed by atoms with Gasteiger partial charge in [0.1, 0.15) is 0 Å². The van der Waals surface area contributed by atoms with Crippen molar-refractivity contribution < 1.29 is 13.9 Å². The molecule has 0 spiro atoms. The summed E-state index contributed by atoms with van der Waals surface area (Å²) in [5, 5.41) is 3.34. The van der Waals surface area contributed by atoms with Gasteiger partial charge >= 0.3 is 0 Å². The van der Waals surface area contributed by atoms with Crippen molar-refractivity contribution in [1.29, 1.82) is 0 Å². The molecule has 1 aromatic heterocycles. The van der Waals surface area contributed by atoms with Crippen LogP contribution in [0.15, 0.2) is 18.2 Å². The zero-order valence-corrected chi connectivity index (χ0v) is 13.0. The molecule has 4 nitrogen and oxygen atoms in total. The molecule has 1 heterocycles. The lowest BCUT2D eigenvalue weighted by molar-refractivity contribution is -0.115. The van der Waals surface area contributed by atoms with Crippen LogP contribution >= 0.6 is 11.3 Å². The van der Waals surface area contributed by atoms with Crippen molar-refractivity contribution in [2.24, 2.45) is 0 Å². The van der Waals surface area contributed by atoms with E-state index < -0.39 is 5.82 Å². The molecule has 0 aliphatic carbocycles. The van der Waals surface area contributed by atoms with Gasteiger partial charge in [-0.15, -0.1) is 11.3 Å². The predicted octanol–water partition coefficient (Wildman–Crippen LogP) is 3.34. The molecule has 1 aromatic carbocycles. The summed E-state index contributed by atoms with van der Waals surface area (Å²) in [5.74, 6) is -0.514. The standard InChI is InChI=1S/C15H17FN2O2S/c1-4-12-9(2)21-15(17-12)18-14(19)8-10-5-6-13(20-3)11(16)7-10/h5-7H,4,8H2,1-3H3,(H,17,18,19). The zero-order valence-electron chi connectivity index (χ0n) is 12.2. The summed E-state index contributed by atoms with van der Waals surface area (Å²) in [5.41, 5.74) is 1.58. The van der Waals surface area contributed by atoms with Crippen molar-refractivity contribution in [3.05, 3.63) is 40.2 Å². The van der Waals surface area contributed by atoms with Crippen LogP contribution in [0.1, 0.15) is 23.1 Å². The average molecular weight is 308 g/mol. The molecule has 0 unspecified atom stereocenters. The molecule has 112 valence electrons. The summed E-state index contributed by atoms with van der Waals surface area (Å²) < 4.78 is 18.4. The second-order valence-corrected chi connectivity index (χ2v) is 5.77. The van der Waals surface area contributed by atoms with E-state index in [1.807, 2.05) is 13.8 Å². The van der Waals surface area contributed by atoms with E-state index in [0.717, 1.165) is 17.0 Å². The van der Waals surface area contributed by atoms with Crippen LogP contribution in [0.3, 0.4) is 0 Å². The molecule has 0 bridgehead atoms. The number of rotatable bonds is 5. The minimum Gasteiger partial charge on any atom is -0.494 e. The molecule has 0 atom stereocenters. The number of carbonyl (C=O) groups is 1. The molecular weight excluding hydrogens is 291 g/mol. The van der Waals surface area contributed by atoms with E-state index in [1.54, 1.807) is 6.07 Å². The number of hydrogen-bond donors (Lipinski definition) is 1. The highest BCUT2D eigenvalue weighted by molar-refractivity contribution is 7.15. The van der Waals surface area contributed by atoms with Gasteiger partial charge in [-0.2, -0.15) is 0 Å². The fraction of sp³-hybridized carbons (Fsp3) is 0.333. The summed E-state index contributed by atoms with van der Waals surface area (Å²) in [4.78, 5) is 17.4. The van der Waals surface area contributed by atoms with Gasteiger partial charge in [-0.3, -0.25) is 4.79 Å². The van der Waals surface area contributed by atoms with Gasteiger partial charge in [0.25, 0.3) is 0 Å². The molecule has 0 fully saturated rings. The Morgan fingerprint density at radius 3 is 2.81 bits per heavy atom. The highest BCUT2D eigenvalue weighted by atomic mass is 32.1. The molecule has 6 heteroatoms. The van der Waals surface area contributed by atoms with Crippen LogP contribution in [0.2, 0.25) is 0 Å². The zero-order chi connectivity index (χ0) is 15.4. The predicted molar refractivity (Wildman–Crippen MR) is 81.5 cm³/mol. The lowest BCUT2D eigenvalue weighted by atomic mass is 10.1. The average Bonchev–Trinajstić information content (AvgIpc) is 2.78. The van der Waals surface area contributed by atoms with Gasteiger partial charge in [-0.25, -0.2) is 9.37 Å². The molecule has 1 amide bonds. The van der Waals surface area contributed by atoms with Crippen molar-refractivity contribution in [2.75, 3.05) is 12.4 Å². The first-order chi connectivity index (χ1) is 10.0. The van der Waals surface area contributed by atoms with Crippen LogP contribution in [-0.4, -0.2) is 18.0 Å². The number of ether oxygens (including phenoxy) is 1. The smallest absolute Gasteiger partial charge is 0.230 e. The Kier molecular flexibility index (Phi) is 4.90. The van der Waals surface area contributed by atoms with Crippen molar-refractivity contribution in [1.82, 2.24) is 4.98 Å². The molecule has 0 saturated carbocycles. The first-order valence-corrected chi connectivity index (χ1v) is 7.43. The normalized spacial score (nSPS) is 10.5. The van der Waals surface area contributed by atoms with Gasteiger partial charge in [0.2, 0.25) is 5.91 Å². The fourth-order valence-corrected chi connectivity index (χ4v) is 2.90. The van der Waals surface area contributed by atoms with Gasteiger partial charge in [-0.1, -0.05) is 13.0 Å². The number of thiazole rings is 1. The first kappa shape index (κ1) is 15.4. The Labute approximate surface area is 127 Å². The van der Waals surface area contributed by atoms with Crippen molar-refractivity contribution in [2.45, 2.75) is 26.7 Å². The van der Waals surface area contributed by atoms with Crippen molar-refractivity contribution in [3.63, 3.8) is 0 Å². The Hall–Kier alpha value is -1.95. The number of nitrogens with one attached hydrogen (secondary N) is 1. The topological polar surface area (TPSA) is 51.2 Å². The SMILES string of the molecule is CCc1nc(NC(=O)Cc2ccc(OC)c(F)c2)sc1C. The highest BCUT2D eigenvalue weighted by Gasteiger charge is 2.11. The van der Waals surface area contributed by atoms with Gasteiger partial charge in [0.15, 0.2) is 16.7 Å². The van der Waals surface area contributed by atoms with Crippen LogP contribution in [0.4, 0.5) is 9.52 Å². The third-order valence-corrected chi connectivity index (χ3v) is 3.98. The van der Waals surface area contributed by atoms with E-state index in [-0.39, 0.29) is 18.1 Å². The molecule has 2 aromatic rings. The largest absolute Gasteiger partial charge is 0.494 e. The monoisotopic (exact) mass is 308 g/mol. The number of methoxy groups -OCH3 is 1. The second-order valence-electron chi connectivity index (χ2n) is 4.57. The number of aryl methyl sites for hydroxylation is 2. The maximum atomic E-state index is 13.6. The van der Waals surface area contributed by atoms with E-state index in [9.17, 15) is 9.18 Å². The van der Waals surface area contributed by atoms with Gasteiger partial charge in [-0.05, 0) is 31.0 Å². The number of hydrogen-bond acceptors (Lipinski definition) is 4.